The molecule has 3 heterocycles. The van der Waals surface area contributed by atoms with Gasteiger partial charge >= 0.3 is 5.97 Å². The van der Waals surface area contributed by atoms with Gasteiger partial charge in [0.05, 0.1) is 5.92 Å². The largest absolute Gasteiger partial charge is 0.481 e. The van der Waals surface area contributed by atoms with Crippen molar-refractivity contribution in [3.05, 3.63) is 47.8 Å². The number of aliphatic carboxylic acids is 1. The maximum absolute atomic E-state index is 11.1. The van der Waals surface area contributed by atoms with E-state index in [-0.39, 0.29) is 5.92 Å². The molecule has 28 heavy (non-hydrogen) atoms. The molecule has 0 bridgehead atoms. The van der Waals surface area contributed by atoms with Crippen molar-refractivity contribution in [1.82, 2.24) is 15.0 Å². The predicted molar refractivity (Wildman–Crippen MR) is 110 cm³/mol. The van der Waals surface area contributed by atoms with Gasteiger partial charge in [-0.05, 0) is 37.8 Å². The maximum Gasteiger partial charge on any atom is 0.306 e. The molecule has 3 N–H and O–H groups in total. The summed E-state index contributed by atoms with van der Waals surface area (Å²) in [5.41, 5.74) is 3.32. The van der Waals surface area contributed by atoms with Crippen LogP contribution in [-0.2, 0) is 11.2 Å². The number of nitrogens with zero attached hydrogens (tertiary/aromatic N) is 3. The molecule has 0 saturated carbocycles. The number of rotatable bonds is 6. The molecule has 0 aliphatic carbocycles. The highest BCUT2D eigenvalue weighted by Crippen LogP contribution is 2.23. The van der Waals surface area contributed by atoms with E-state index in [0.717, 1.165) is 30.0 Å². The van der Waals surface area contributed by atoms with Crippen LogP contribution in [0.15, 0.2) is 36.5 Å². The Morgan fingerprint density at radius 1 is 1.29 bits per heavy atom. The molecule has 4 rings (SSSR count). The van der Waals surface area contributed by atoms with Crippen LogP contribution >= 0.6 is 0 Å². The van der Waals surface area contributed by atoms with Crippen molar-refractivity contribution >= 4 is 28.6 Å². The number of aromatic amines is 1. The zero-order valence-corrected chi connectivity index (χ0v) is 16.0. The third-order valence-electron chi connectivity index (χ3n) is 5.36. The normalized spacial score (nSPS) is 15.1. The number of nitrogens with one attached hydrogen (secondary N) is 2. The number of piperidine rings is 1. The van der Waals surface area contributed by atoms with Crippen molar-refractivity contribution in [2.75, 3.05) is 29.9 Å². The van der Waals surface area contributed by atoms with Gasteiger partial charge in [0.25, 0.3) is 0 Å². The zero-order valence-electron chi connectivity index (χ0n) is 16.0. The summed E-state index contributed by atoms with van der Waals surface area (Å²) in [6.45, 7) is 4.12. The van der Waals surface area contributed by atoms with E-state index in [1.165, 1.54) is 10.9 Å². The molecule has 1 saturated heterocycles. The Hall–Kier alpha value is -3.09. The number of fused-ring (bicyclic) bond motifs is 1. The lowest BCUT2D eigenvalue weighted by molar-refractivity contribution is -0.142. The number of carboxylic acids is 1. The number of carboxylic acid groups (broad SMARTS) is 1. The highest BCUT2D eigenvalue weighted by atomic mass is 16.4. The Bertz CT molecular complexity index is 976. The highest BCUT2D eigenvalue weighted by molar-refractivity contribution is 5.83. The second-order valence-electron chi connectivity index (χ2n) is 7.33. The first kappa shape index (κ1) is 18.3. The van der Waals surface area contributed by atoms with Crippen LogP contribution in [-0.4, -0.2) is 45.7 Å². The van der Waals surface area contributed by atoms with E-state index >= 15 is 0 Å². The van der Waals surface area contributed by atoms with E-state index in [1.807, 2.05) is 19.1 Å². The number of aryl methyl sites for hydroxylation is 1. The van der Waals surface area contributed by atoms with Crippen molar-refractivity contribution in [2.45, 2.75) is 26.2 Å². The number of aromatic nitrogens is 3. The minimum atomic E-state index is -0.696. The van der Waals surface area contributed by atoms with Crippen molar-refractivity contribution in [3.63, 3.8) is 0 Å². The molecule has 7 nitrogen and oxygen atoms in total. The van der Waals surface area contributed by atoms with E-state index in [2.05, 4.69) is 49.6 Å². The summed E-state index contributed by atoms with van der Waals surface area (Å²) in [6.07, 6.45) is 4.24. The van der Waals surface area contributed by atoms with Crippen LogP contribution in [0.5, 0.6) is 0 Å². The standard InChI is InChI=1S/C21H25N5O2/c1-14-12-19(26-10-7-15(8-11-26)20(27)28)25-21(24-14)22-9-6-16-13-23-18-5-3-2-4-17(16)18/h2-5,12-13,15,23H,6-11H2,1H3,(H,27,28)(H,22,24,25). The third-order valence-corrected chi connectivity index (χ3v) is 5.36. The average Bonchev–Trinajstić information content (AvgIpc) is 3.11. The summed E-state index contributed by atoms with van der Waals surface area (Å²) in [6, 6.07) is 10.3. The quantitative estimate of drug-likeness (QED) is 0.609. The molecule has 0 unspecified atom stereocenters. The Labute approximate surface area is 163 Å². The van der Waals surface area contributed by atoms with Crippen LogP contribution < -0.4 is 10.2 Å². The maximum atomic E-state index is 11.1. The monoisotopic (exact) mass is 379 g/mol. The molecule has 3 aromatic rings. The van der Waals surface area contributed by atoms with Gasteiger partial charge < -0.3 is 20.3 Å². The lowest BCUT2D eigenvalue weighted by Gasteiger charge is -2.31. The Morgan fingerprint density at radius 2 is 2.07 bits per heavy atom. The molecule has 0 spiro atoms. The smallest absolute Gasteiger partial charge is 0.306 e. The van der Waals surface area contributed by atoms with E-state index in [1.54, 1.807) is 0 Å². The van der Waals surface area contributed by atoms with E-state index in [9.17, 15) is 4.79 Å². The van der Waals surface area contributed by atoms with Crippen LogP contribution in [0.1, 0.15) is 24.1 Å². The van der Waals surface area contributed by atoms with Gasteiger partial charge in [-0.25, -0.2) is 4.98 Å². The van der Waals surface area contributed by atoms with Crippen LogP contribution in [0.4, 0.5) is 11.8 Å². The van der Waals surface area contributed by atoms with Gasteiger partial charge in [0.15, 0.2) is 0 Å². The number of benzene rings is 1. The fourth-order valence-corrected chi connectivity index (χ4v) is 3.80. The van der Waals surface area contributed by atoms with Gasteiger partial charge in [0.2, 0.25) is 5.95 Å². The molecule has 1 aliphatic heterocycles. The van der Waals surface area contributed by atoms with Gasteiger partial charge in [0, 0.05) is 48.5 Å². The third kappa shape index (κ3) is 3.93. The number of hydrogen-bond donors (Lipinski definition) is 3. The fourth-order valence-electron chi connectivity index (χ4n) is 3.80. The predicted octanol–water partition coefficient (Wildman–Crippen LogP) is 3.22. The first-order valence-corrected chi connectivity index (χ1v) is 9.72. The van der Waals surface area contributed by atoms with Gasteiger partial charge in [-0.2, -0.15) is 4.98 Å². The summed E-state index contributed by atoms with van der Waals surface area (Å²) in [7, 11) is 0. The van der Waals surface area contributed by atoms with Gasteiger partial charge in [-0.1, -0.05) is 18.2 Å². The van der Waals surface area contributed by atoms with Crippen molar-refractivity contribution in [3.8, 4) is 0 Å². The summed E-state index contributed by atoms with van der Waals surface area (Å²) >= 11 is 0. The lowest BCUT2D eigenvalue weighted by atomic mass is 9.97. The summed E-state index contributed by atoms with van der Waals surface area (Å²) in [4.78, 5) is 25.8. The number of H-pyrrole nitrogens is 1. The number of para-hydroxylation sites is 1. The highest BCUT2D eigenvalue weighted by Gasteiger charge is 2.25. The van der Waals surface area contributed by atoms with Crippen LogP contribution in [0, 0.1) is 12.8 Å². The van der Waals surface area contributed by atoms with Gasteiger partial charge in [-0.15, -0.1) is 0 Å². The minimum absolute atomic E-state index is 0.243. The van der Waals surface area contributed by atoms with E-state index in [4.69, 9.17) is 5.11 Å². The van der Waals surface area contributed by atoms with Gasteiger partial charge in [-0.3, -0.25) is 4.79 Å². The summed E-state index contributed by atoms with van der Waals surface area (Å²) < 4.78 is 0. The molecule has 146 valence electrons. The molecule has 0 amide bonds. The molecular formula is C21H25N5O2. The molecule has 0 atom stereocenters. The second-order valence-corrected chi connectivity index (χ2v) is 7.33. The fraction of sp³-hybridized carbons (Fsp3) is 0.381. The van der Waals surface area contributed by atoms with Crippen LogP contribution in [0.25, 0.3) is 10.9 Å². The Kier molecular flexibility index (Phi) is 5.14. The number of carbonyl (C=O) groups is 1. The molecule has 0 radical (unpaired) electrons. The average molecular weight is 379 g/mol. The molecule has 2 aromatic heterocycles. The van der Waals surface area contributed by atoms with Crippen LogP contribution in [0.2, 0.25) is 0 Å². The second kappa shape index (κ2) is 7.88. The summed E-state index contributed by atoms with van der Waals surface area (Å²) in [5, 5.41) is 13.8. The molecule has 1 fully saturated rings. The van der Waals surface area contributed by atoms with Crippen molar-refractivity contribution in [1.29, 1.82) is 0 Å². The van der Waals surface area contributed by atoms with Crippen molar-refractivity contribution < 1.29 is 9.90 Å². The summed E-state index contributed by atoms with van der Waals surface area (Å²) in [5.74, 6) is 0.548. The minimum Gasteiger partial charge on any atom is -0.481 e. The van der Waals surface area contributed by atoms with Gasteiger partial charge in [0.1, 0.15) is 5.82 Å². The molecule has 7 heteroatoms. The molecular weight excluding hydrogens is 354 g/mol. The van der Waals surface area contributed by atoms with E-state index < -0.39 is 5.97 Å². The Balaban J connectivity index is 1.39. The first-order valence-electron chi connectivity index (χ1n) is 9.72. The number of anilines is 2. The SMILES string of the molecule is Cc1cc(N2CCC(C(=O)O)CC2)nc(NCCc2c[nH]c3ccccc23)n1. The molecule has 1 aliphatic rings. The number of hydrogen-bond acceptors (Lipinski definition) is 5. The lowest BCUT2D eigenvalue weighted by Crippen LogP contribution is -2.37. The van der Waals surface area contributed by atoms with Crippen LogP contribution in [0.3, 0.4) is 0 Å². The zero-order chi connectivity index (χ0) is 19.5. The first-order chi connectivity index (χ1) is 13.6. The van der Waals surface area contributed by atoms with E-state index in [0.29, 0.717) is 31.9 Å². The topological polar surface area (TPSA) is 94.1 Å². The Morgan fingerprint density at radius 3 is 2.86 bits per heavy atom. The molecule has 1 aromatic carbocycles. The van der Waals surface area contributed by atoms with Crippen molar-refractivity contribution in [2.24, 2.45) is 5.92 Å².